The van der Waals surface area contributed by atoms with Crippen molar-refractivity contribution in [2.45, 2.75) is 17.9 Å². The molecule has 1 atom stereocenters. The van der Waals surface area contributed by atoms with E-state index < -0.39 is 10.1 Å². The normalized spacial score (nSPS) is 13.4. The largest absolute Gasteiger partial charge is 0.383 e. The first kappa shape index (κ1) is 13.0. The third kappa shape index (κ3) is 3.80. The standard InChI is InChI=1S/C10H15NO4S/c1-8(7-15-2)11-9-3-5-10(6-4-9)16(12,13)14/h3-6,8,11H,7H2,1-2H3,(H,12,13,14). The van der Waals surface area contributed by atoms with Crippen molar-refractivity contribution in [1.82, 2.24) is 0 Å². The highest BCUT2D eigenvalue weighted by Gasteiger charge is 2.08. The van der Waals surface area contributed by atoms with E-state index in [2.05, 4.69) is 5.32 Å². The molecule has 0 radical (unpaired) electrons. The molecule has 0 bridgehead atoms. The molecule has 0 amide bonds. The maximum absolute atomic E-state index is 10.8. The van der Waals surface area contributed by atoms with E-state index in [-0.39, 0.29) is 10.9 Å². The SMILES string of the molecule is COCC(C)Nc1ccc(S(=O)(=O)O)cc1. The molecule has 5 nitrogen and oxygen atoms in total. The monoisotopic (exact) mass is 245 g/mol. The minimum absolute atomic E-state index is 0.113. The van der Waals surface area contributed by atoms with Gasteiger partial charge < -0.3 is 10.1 Å². The molecule has 0 spiro atoms. The van der Waals surface area contributed by atoms with E-state index in [0.29, 0.717) is 6.61 Å². The molecule has 0 saturated heterocycles. The molecule has 6 heteroatoms. The van der Waals surface area contributed by atoms with Gasteiger partial charge in [-0.25, -0.2) is 0 Å². The molecule has 0 aromatic heterocycles. The van der Waals surface area contributed by atoms with Crippen molar-refractivity contribution >= 4 is 15.8 Å². The highest BCUT2D eigenvalue weighted by atomic mass is 32.2. The summed E-state index contributed by atoms with van der Waals surface area (Å²) in [5.74, 6) is 0. The van der Waals surface area contributed by atoms with E-state index in [1.807, 2.05) is 6.92 Å². The Bertz CT molecular complexity index is 427. The molecule has 0 aliphatic carbocycles. The third-order valence-electron chi connectivity index (χ3n) is 1.98. The Morgan fingerprint density at radius 3 is 2.38 bits per heavy atom. The van der Waals surface area contributed by atoms with Gasteiger partial charge in [-0.05, 0) is 31.2 Å². The summed E-state index contributed by atoms with van der Waals surface area (Å²) in [5, 5.41) is 3.12. The van der Waals surface area contributed by atoms with Crippen molar-refractivity contribution in [2.75, 3.05) is 19.0 Å². The fraction of sp³-hybridized carbons (Fsp3) is 0.400. The average molecular weight is 245 g/mol. The third-order valence-corrected chi connectivity index (χ3v) is 2.85. The molecular formula is C10H15NO4S. The van der Waals surface area contributed by atoms with Crippen LogP contribution in [0.3, 0.4) is 0 Å². The summed E-state index contributed by atoms with van der Waals surface area (Å²) >= 11 is 0. The van der Waals surface area contributed by atoms with Gasteiger partial charge in [-0.1, -0.05) is 0 Å². The number of hydrogen-bond donors (Lipinski definition) is 2. The predicted octanol–water partition coefficient (Wildman–Crippen LogP) is 1.38. The van der Waals surface area contributed by atoms with E-state index in [9.17, 15) is 8.42 Å². The lowest BCUT2D eigenvalue weighted by atomic mass is 10.3. The lowest BCUT2D eigenvalue weighted by molar-refractivity contribution is 0.190. The topological polar surface area (TPSA) is 75.6 Å². The molecule has 2 N–H and O–H groups in total. The van der Waals surface area contributed by atoms with Crippen LogP contribution < -0.4 is 5.32 Å². The summed E-state index contributed by atoms with van der Waals surface area (Å²) < 4.78 is 35.3. The summed E-state index contributed by atoms with van der Waals surface area (Å²) in [5.41, 5.74) is 0.775. The quantitative estimate of drug-likeness (QED) is 0.766. The molecule has 0 heterocycles. The van der Waals surface area contributed by atoms with Gasteiger partial charge in [-0.3, -0.25) is 4.55 Å². The minimum Gasteiger partial charge on any atom is -0.383 e. The summed E-state index contributed by atoms with van der Waals surface area (Å²) in [7, 11) is -2.50. The van der Waals surface area contributed by atoms with Crippen LogP contribution in [0.25, 0.3) is 0 Å². The van der Waals surface area contributed by atoms with Gasteiger partial charge in [-0.2, -0.15) is 8.42 Å². The molecule has 1 aromatic carbocycles. The Kier molecular flexibility index (Phi) is 4.28. The van der Waals surface area contributed by atoms with Crippen molar-refractivity contribution in [2.24, 2.45) is 0 Å². The van der Waals surface area contributed by atoms with Crippen molar-refractivity contribution in [3.63, 3.8) is 0 Å². The van der Waals surface area contributed by atoms with Gasteiger partial charge >= 0.3 is 0 Å². The van der Waals surface area contributed by atoms with E-state index in [1.54, 1.807) is 19.2 Å². The Balaban J connectivity index is 2.72. The van der Waals surface area contributed by atoms with Gasteiger partial charge in [0.15, 0.2) is 0 Å². The summed E-state index contributed by atoms with van der Waals surface area (Å²) in [4.78, 5) is -0.113. The summed E-state index contributed by atoms with van der Waals surface area (Å²) in [6, 6.07) is 6.00. The van der Waals surface area contributed by atoms with Crippen molar-refractivity contribution in [3.8, 4) is 0 Å². The fourth-order valence-electron chi connectivity index (χ4n) is 1.30. The Morgan fingerprint density at radius 2 is 1.94 bits per heavy atom. The number of rotatable bonds is 5. The molecule has 90 valence electrons. The maximum Gasteiger partial charge on any atom is 0.294 e. The van der Waals surface area contributed by atoms with Crippen LogP contribution in [-0.2, 0) is 14.9 Å². The van der Waals surface area contributed by atoms with Crippen LogP contribution in [0.5, 0.6) is 0 Å². The minimum atomic E-state index is -4.11. The van der Waals surface area contributed by atoms with Crippen LogP contribution in [-0.4, -0.2) is 32.7 Å². The van der Waals surface area contributed by atoms with Gasteiger partial charge in [0.25, 0.3) is 10.1 Å². The van der Waals surface area contributed by atoms with Crippen molar-refractivity contribution in [3.05, 3.63) is 24.3 Å². The second kappa shape index (κ2) is 5.29. The first-order valence-corrected chi connectivity index (χ1v) is 6.20. The molecular weight excluding hydrogens is 230 g/mol. The summed E-state index contributed by atoms with van der Waals surface area (Å²) in [6.45, 7) is 2.50. The number of methoxy groups -OCH3 is 1. The number of anilines is 1. The fourth-order valence-corrected chi connectivity index (χ4v) is 1.78. The number of hydrogen-bond acceptors (Lipinski definition) is 4. The predicted molar refractivity (Wildman–Crippen MR) is 61.2 cm³/mol. The molecule has 0 saturated carbocycles. The first-order chi connectivity index (χ1) is 7.43. The maximum atomic E-state index is 10.8. The van der Waals surface area contributed by atoms with Crippen LogP contribution in [0.2, 0.25) is 0 Å². The Labute approximate surface area is 95.2 Å². The number of benzene rings is 1. The second-order valence-corrected chi connectivity index (χ2v) is 4.92. The van der Waals surface area contributed by atoms with Gasteiger partial charge in [0.2, 0.25) is 0 Å². The molecule has 1 rings (SSSR count). The van der Waals surface area contributed by atoms with Gasteiger partial charge in [0, 0.05) is 18.8 Å². The Morgan fingerprint density at radius 1 is 1.38 bits per heavy atom. The first-order valence-electron chi connectivity index (χ1n) is 4.76. The molecule has 16 heavy (non-hydrogen) atoms. The zero-order chi connectivity index (χ0) is 12.2. The lowest BCUT2D eigenvalue weighted by Gasteiger charge is -2.14. The molecule has 0 fully saturated rings. The number of ether oxygens (including phenoxy) is 1. The molecule has 0 aliphatic heterocycles. The molecule has 0 aliphatic rings. The van der Waals surface area contributed by atoms with Crippen LogP contribution in [0.15, 0.2) is 29.2 Å². The van der Waals surface area contributed by atoms with Gasteiger partial charge in [-0.15, -0.1) is 0 Å². The van der Waals surface area contributed by atoms with Crippen LogP contribution in [0, 0.1) is 0 Å². The zero-order valence-corrected chi connectivity index (χ0v) is 9.99. The van der Waals surface area contributed by atoms with E-state index in [4.69, 9.17) is 9.29 Å². The zero-order valence-electron chi connectivity index (χ0n) is 9.17. The van der Waals surface area contributed by atoms with Crippen LogP contribution in [0.1, 0.15) is 6.92 Å². The number of nitrogens with one attached hydrogen (secondary N) is 1. The van der Waals surface area contributed by atoms with Crippen LogP contribution in [0.4, 0.5) is 5.69 Å². The average Bonchev–Trinajstić information content (AvgIpc) is 2.17. The van der Waals surface area contributed by atoms with Crippen LogP contribution >= 0.6 is 0 Å². The van der Waals surface area contributed by atoms with Crippen molar-refractivity contribution in [1.29, 1.82) is 0 Å². The Hall–Kier alpha value is -1.11. The smallest absolute Gasteiger partial charge is 0.294 e. The highest BCUT2D eigenvalue weighted by molar-refractivity contribution is 7.85. The van der Waals surface area contributed by atoms with Gasteiger partial charge in [0.1, 0.15) is 0 Å². The lowest BCUT2D eigenvalue weighted by Crippen LogP contribution is -2.20. The highest BCUT2D eigenvalue weighted by Crippen LogP contribution is 2.14. The van der Waals surface area contributed by atoms with E-state index in [1.165, 1.54) is 12.1 Å². The molecule has 1 unspecified atom stereocenters. The van der Waals surface area contributed by atoms with Gasteiger partial charge in [0.05, 0.1) is 11.5 Å². The summed E-state index contributed by atoms with van der Waals surface area (Å²) in [6.07, 6.45) is 0. The van der Waals surface area contributed by atoms with Crippen molar-refractivity contribution < 1.29 is 17.7 Å². The van der Waals surface area contributed by atoms with E-state index in [0.717, 1.165) is 5.69 Å². The molecule has 1 aromatic rings. The second-order valence-electron chi connectivity index (χ2n) is 3.50. The van der Waals surface area contributed by atoms with E-state index >= 15 is 0 Å².